The highest BCUT2D eigenvalue weighted by molar-refractivity contribution is 5.70. The third-order valence-corrected chi connectivity index (χ3v) is 3.78. The average Bonchev–Trinajstić information content (AvgIpc) is 3.06. The maximum Gasteiger partial charge on any atom is 0.410 e. The second kappa shape index (κ2) is 5.05. The first-order chi connectivity index (χ1) is 9.28. The molecule has 4 nitrogen and oxygen atoms in total. The molecule has 1 aromatic carbocycles. The number of rotatable bonds is 2. The van der Waals surface area contributed by atoms with E-state index >= 15 is 0 Å². The van der Waals surface area contributed by atoms with Crippen LogP contribution in [0.2, 0.25) is 0 Å². The summed E-state index contributed by atoms with van der Waals surface area (Å²) in [6.07, 6.45) is 2.56. The number of carbonyl (C=O) groups is 1. The Morgan fingerprint density at radius 1 is 1.47 bits per heavy atom. The second-order valence-corrected chi connectivity index (χ2v) is 5.04. The summed E-state index contributed by atoms with van der Waals surface area (Å²) in [7, 11) is 0. The summed E-state index contributed by atoms with van der Waals surface area (Å²) in [4.78, 5) is 13.9. The van der Waals surface area contributed by atoms with E-state index in [0.717, 1.165) is 25.1 Å². The van der Waals surface area contributed by atoms with Crippen molar-refractivity contribution in [1.29, 1.82) is 0 Å². The number of ether oxygens (including phenoxy) is 1. The highest BCUT2D eigenvalue weighted by Crippen LogP contribution is 2.27. The van der Waals surface area contributed by atoms with Crippen LogP contribution in [0, 0.1) is 0 Å². The van der Waals surface area contributed by atoms with E-state index in [2.05, 4.69) is 18.0 Å². The van der Waals surface area contributed by atoms with Gasteiger partial charge in [-0.2, -0.15) is 0 Å². The lowest BCUT2D eigenvalue weighted by molar-refractivity contribution is 0.0695. The van der Waals surface area contributed by atoms with Gasteiger partial charge in [-0.1, -0.05) is 30.9 Å². The molecule has 1 fully saturated rings. The number of hydrogen-bond acceptors (Lipinski definition) is 3. The summed E-state index contributed by atoms with van der Waals surface area (Å²) in [5.74, 6) is 0. The van der Waals surface area contributed by atoms with Crippen molar-refractivity contribution in [3.05, 3.63) is 41.5 Å². The topological polar surface area (TPSA) is 41.6 Å². The normalized spacial score (nSPS) is 21.3. The number of benzene rings is 1. The number of nitrogens with one attached hydrogen (secondary N) is 1. The molecule has 4 heteroatoms. The monoisotopic (exact) mass is 258 g/mol. The fraction of sp³-hybridized carbons (Fsp3) is 0.400. The molecule has 1 aromatic rings. The number of amides is 1. The van der Waals surface area contributed by atoms with Gasteiger partial charge in [0.1, 0.15) is 6.10 Å². The minimum atomic E-state index is -0.208. The van der Waals surface area contributed by atoms with Gasteiger partial charge in [0, 0.05) is 13.1 Å². The van der Waals surface area contributed by atoms with Gasteiger partial charge in [0.25, 0.3) is 0 Å². The summed E-state index contributed by atoms with van der Waals surface area (Å²) in [5.41, 5.74) is 3.49. The molecular formula is C15H18N2O2. The van der Waals surface area contributed by atoms with Gasteiger partial charge in [0.15, 0.2) is 0 Å². The van der Waals surface area contributed by atoms with Gasteiger partial charge >= 0.3 is 6.09 Å². The first kappa shape index (κ1) is 12.2. The van der Waals surface area contributed by atoms with Crippen molar-refractivity contribution < 1.29 is 9.53 Å². The first-order valence-corrected chi connectivity index (χ1v) is 6.67. The van der Waals surface area contributed by atoms with Crippen LogP contribution in [0.5, 0.6) is 0 Å². The Bertz CT molecular complexity index is 507. The van der Waals surface area contributed by atoms with Gasteiger partial charge in [0.2, 0.25) is 0 Å². The van der Waals surface area contributed by atoms with Crippen LogP contribution in [0.3, 0.4) is 0 Å². The summed E-state index contributed by atoms with van der Waals surface area (Å²) < 4.78 is 5.50. The molecule has 0 aliphatic carbocycles. The molecule has 2 heterocycles. The third-order valence-electron chi connectivity index (χ3n) is 3.78. The fourth-order valence-electron chi connectivity index (χ4n) is 2.71. The van der Waals surface area contributed by atoms with E-state index in [9.17, 15) is 4.79 Å². The molecule has 0 radical (unpaired) electrons. The minimum Gasteiger partial charge on any atom is -0.445 e. The molecular weight excluding hydrogens is 240 g/mol. The number of nitrogens with zero attached hydrogens (tertiary/aromatic N) is 1. The van der Waals surface area contributed by atoms with Crippen LogP contribution >= 0.6 is 0 Å². The Labute approximate surface area is 113 Å². The Balaban J connectivity index is 1.69. The van der Waals surface area contributed by atoms with Crippen LogP contribution in [0.1, 0.15) is 23.1 Å². The largest absolute Gasteiger partial charge is 0.445 e. The molecule has 0 spiro atoms. The molecule has 100 valence electrons. The van der Waals surface area contributed by atoms with E-state index < -0.39 is 0 Å². The van der Waals surface area contributed by atoms with E-state index in [-0.39, 0.29) is 12.2 Å². The quantitative estimate of drug-likeness (QED) is 0.883. The molecule has 1 amide bonds. The molecule has 0 saturated carbocycles. The second-order valence-electron chi connectivity index (χ2n) is 5.04. The Hall–Kier alpha value is -1.81. The molecule has 0 bridgehead atoms. The SMILES string of the molecule is C=Cc1cccc2c1CN(C(=O)OC1CCNC1)C2. The molecule has 1 unspecified atom stereocenters. The predicted molar refractivity (Wildman–Crippen MR) is 73.5 cm³/mol. The zero-order valence-electron chi connectivity index (χ0n) is 10.9. The zero-order chi connectivity index (χ0) is 13.2. The fourth-order valence-corrected chi connectivity index (χ4v) is 2.71. The van der Waals surface area contributed by atoms with E-state index in [1.165, 1.54) is 11.1 Å². The lowest BCUT2D eigenvalue weighted by Gasteiger charge is -2.18. The van der Waals surface area contributed by atoms with Gasteiger partial charge < -0.3 is 10.1 Å². The summed E-state index contributed by atoms with van der Waals surface area (Å²) in [5, 5.41) is 3.19. The van der Waals surface area contributed by atoms with Crippen molar-refractivity contribution in [1.82, 2.24) is 10.2 Å². The molecule has 2 aliphatic heterocycles. The molecule has 1 N–H and O–H groups in total. The van der Waals surface area contributed by atoms with Gasteiger partial charge in [-0.3, -0.25) is 4.90 Å². The van der Waals surface area contributed by atoms with Crippen molar-refractivity contribution >= 4 is 12.2 Å². The molecule has 19 heavy (non-hydrogen) atoms. The van der Waals surface area contributed by atoms with E-state index in [0.29, 0.717) is 13.1 Å². The Kier molecular flexibility index (Phi) is 3.25. The van der Waals surface area contributed by atoms with Crippen LogP contribution < -0.4 is 5.32 Å². The van der Waals surface area contributed by atoms with E-state index in [4.69, 9.17) is 4.74 Å². The van der Waals surface area contributed by atoms with Crippen molar-refractivity contribution in [2.75, 3.05) is 13.1 Å². The summed E-state index contributed by atoms with van der Waals surface area (Å²) in [6, 6.07) is 6.10. The maximum absolute atomic E-state index is 12.1. The smallest absolute Gasteiger partial charge is 0.410 e. The van der Waals surface area contributed by atoms with Crippen molar-refractivity contribution in [3.8, 4) is 0 Å². The third kappa shape index (κ3) is 2.36. The summed E-state index contributed by atoms with van der Waals surface area (Å²) >= 11 is 0. The van der Waals surface area contributed by atoms with Crippen LogP contribution in [-0.4, -0.2) is 30.2 Å². The van der Waals surface area contributed by atoms with Gasteiger partial charge in [-0.05, 0) is 29.7 Å². The lowest BCUT2D eigenvalue weighted by atomic mass is 10.0. The number of hydrogen-bond donors (Lipinski definition) is 1. The van der Waals surface area contributed by atoms with E-state index in [1.54, 1.807) is 4.90 Å². The van der Waals surface area contributed by atoms with Crippen molar-refractivity contribution in [2.45, 2.75) is 25.6 Å². The molecule has 2 aliphatic rings. The van der Waals surface area contributed by atoms with Crippen LogP contribution in [0.25, 0.3) is 6.08 Å². The van der Waals surface area contributed by atoms with Crippen LogP contribution in [-0.2, 0) is 17.8 Å². The van der Waals surface area contributed by atoms with Gasteiger partial charge in [0.05, 0.1) is 6.54 Å². The molecule has 0 aromatic heterocycles. The average molecular weight is 258 g/mol. The highest BCUT2D eigenvalue weighted by atomic mass is 16.6. The number of carbonyl (C=O) groups excluding carboxylic acids is 1. The first-order valence-electron chi connectivity index (χ1n) is 6.67. The highest BCUT2D eigenvalue weighted by Gasteiger charge is 2.28. The molecule has 1 saturated heterocycles. The van der Waals surface area contributed by atoms with Gasteiger partial charge in [-0.15, -0.1) is 0 Å². The maximum atomic E-state index is 12.1. The Morgan fingerprint density at radius 3 is 3.11 bits per heavy atom. The van der Waals surface area contributed by atoms with Crippen LogP contribution in [0.15, 0.2) is 24.8 Å². The summed E-state index contributed by atoms with van der Waals surface area (Å²) in [6.45, 7) is 6.77. The van der Waals surface area contributed by atoms with Crippen LogP contribution in [0.4, 0.5) is 4.79 Å². The van der Waals surface area contributed by atoms with Gasteiger partial charge in [-0.25, -0.2) is 4.79 Å². The standard InChI is InChI=1S/C15H18N2O2/c1-2-11-4-3-5-12-9-17(10-14(11)12)15(18)19-13-6-7-16-8-13/h2-5,13,16H,1,6-10H2. The molecule has 3 rings (SSSR count). The Morgan fingerprint density at radius 2 is 2.37 bits per heavy atom. The molecule has 1 atom stereocenters. The van der Waals surface area contributed by atoms with E-state index in [1.807, 2.05) is 18.2 Å². The number of fused-ring (bicyclic) bond motifs is 1. The predicted octanol–water partition coefficient (Wildman–Crippen LogP) is 2.14. The lowest BCUT2D eigenvalue weighted by Crippen LogP contribution is -2.31. The van der Waals surface area contributed by atoms with Crippen molar-refractivity contribution in [3.63, 3.8) is 0 Å². The van der Waals surface area contributed by atoms with Crippen molar-refractivity contribution in [2.24, 2.45) is 0 Å². The zero-order valence-corrected chi connectivity index (χ0v) is 10.9. The minimum absolute atomic E-state index is 0.0232.